The quantitative estimate of drug-likeness (QED) is 0.724. The van der Waals surface area contributed by atoms with E-state index in [9.17, 15) is 9.59 Å². The molecule has 0 bridgehead atoms. The van der Waals surface area contributed by atoms with Crippen molar-refractivity contribution >= 4 is 28.9 Å². The van der Waals surface area contributed by atoms with Crippen LogP contribution in [0.2, 0.25) is 0 Å². The number of benzene rings is 2. The lowest BCUT2D eigenvalue weighted by molar-refractivity contribution is -0.116. The van der Waals surface area contributed by atoms with E-state index in [1.165, 1.54) is 5.56 Å². The molecule has 0 aromatic heterocycles. The summed E-state index contributed by atoms with van der Waals surface area (Å²) in [6.45, 7) is 9.92. The predicted octanol–water partition coefficient (Wildman–Crippen LogP) is 4.32. The molecule has 0 spiro atoms. The zero-order valence-corrected chi connectivity index (χ0v) is 16.1. The molecule has 2 rings (SSSR count). The number of amides is 2. The second-order valence-corrected chi connectivity index (χ2v) is 6.61. The van der Waals surface area contributed by atoms with Crippen LogP contribution in [0.25, 0.3) is 0 Å². The molecule has 0 fully saturated rings. The first-order chi connectivity index (χ1) is 12.3. The Balaban J connectivity index is 2.01. The van der Waals surface area contributed by atoms with Crippen LogP contribution in [0.4, 0.5) is 17.1 Å². The molecule has 0 saturated heterocycles. The van der Waals surface area contributed by atoms with E-state index in [4.69, 9.17) is 0 Å². The largest absolute Gasteiger partial charge is 0.376 e. The summed E-state index contributed by atoms with van der Waals surface area (Å²) in [5.41, 5.74) is 6.67. The molecule has 0 radical (unpaired) electrons. The summed E-state index contributed by atoms with van der Waals surface area (Å²) in [6.07, 6.45) is 0.425. The summed E-state index contributed by atoms with van der Waals surface area (Å²) < 4.78 is 0. The van der Waals surface area contributed by atoms with E-state index < -0.39 is 0 Å². The number of carbonyl (C=O) groups excluding carboxylic acids is 2. The Morgan fingerprint density at radius 1 is 0.846 bits per heavy atom. The zero-order chi connectivity index (χ0) is 19.3. The summed E-state index contributed by atoms with van der Waals surface area (Å²) in [4.78, 5) is 23.9. The van der Waals surface area contributed by atoms with Gasteiger partial charge in [-0.1, -0.05) is 30.7 Å². The van der Waals surface area contributed by atoms with E-state index in [0.29, 0.717) is 6.42 Å². The summed E-state index contributed by atoms with van der Waals surface area (Å²) in [7, 11) is 0. The van der Waals surface area contributed by atoms with E-state index in [-0.39, 0.29) is 18.4 Å². The fraction of sp³-hybridized carbons (Fsp3) is 0.333. The smallest absolute Gasteiger partial charge is 0.243 e. The van der Waals surface area contributed by atoms with E-state index in [1.54, 1.807) is 0 Å². The third-order valence-electron chi connectivity index (χ3n) is 4.23. The van der Waals surface area contributed by atoms with Gasteiger partial charge in [0, 0.05) is 23.5 Å². The first-order valence-electron chi connectivity index (χ1n) is 8.82. The topological polar surface area (TPSA) is 70.2 Å². The van der Waals surface area contributed by atoms with Crippen molar-refractivity contribution in [1.82, 2.24) is 0 Å². The molecule has 0 unspecified atom stereocenters. The Morgan fingerprint density at radius 3 is 2.12 bits per heavy atom. The lowest BCUT2D eigenvalue weighted by Gasteiger charge is -2.14. The highest BCUT2D eigenvalue weighted by atomic mass is 16.2. The van der Waals surface area contributed by atoms with Gasteiger partial charge in [-0.25, -0.2) is 0 Å². The Labute approximate surface area is 155 Å². The normalized spacial score (nSPS) is 10.3. The Morgan fingerprint density at radius 2 is 1.50 bits per heavy atom. The molecule has 0 aliphatic carbocycles. The summed E-state index contributed by atoms with van der Waals surface area (Å²) in [5, 5.41) is 8.95. The fourth-order valence-corrected chi connectivity index (χ4v) is 2.85. The second-order valence-electron chi connectivity index (χ2n) is 6.61. The van der Waals surface area contributed by atoms with Gasteiger partial charge in [-0.2, -0.15) is 0 Å². The van der Waals surface area contributed by atoms with Gasteiger partial charge in [0.2, 0.25) is 11.8 Å². The molecular formula is C21H27N3O2. The molecule has 0 heterocycles. The van der Waals surface area contributed by atoms with Crippen LogP contribution in [0.15, 0.2) is 30.3 Å². The number of carbonyl (C=O) groups is 2. The van der Waals surface area contributed by atoms with Crippen LogP contribution >= 0.6 is 0 Å². The van der Waals surface area contributed by atoms with Crippen molar-refractivity contribution in [3.8, 4) is 0 Å². The number of rotatable bonds is 6. The highest BCUT2D eigenvalue weighted by Crippen LogP contribution is 2.22. The van der Waals surface area contributed by atoms with Gasteiger partial charge >= 0.3 is 0 Å². The lowest BCUT2D eigenvalue weighted by atomic mass is 10.1. The van der Waals surface area contributed by atoms with Gasteiger partial charge in [0.1, 0.15) is 0 Å². The standard InChI is InChI=1S/C21H27N3O2/c1-6-19(25)23-18-11-17(8-7-14(18)3)22-12-20(26)24-21-15(4)9-13(2)10-16(21)5/h7-11,22H,6,12H2,1-5H3,(H,23,25)(H,24,26). The predicted molar refractivity (Wildman–Crippen MR) is 108 cm³/mol. The minimum absolute atomic E-state index is 0.0340. The molecule has 5 heteroatoms. The van der Waals surface area contributed by atoms with Crippen LogP contribution < -0.4 is 16.0 Å². The van der Waals surface area contributed by atoms with Gasteiger partial charge in [-0.05, 0) is 56.5 Å². The summed E-state index contributed by atoms with van der Waals surface area (Å²) in [5.74, 6) is -0.145. The third kappa shape index (κ3) is 5.09. The molecule has 5 nitrogen and oxygen atoms in total. The number of hydrogen-bond acceptors (Lipinski definition) is 3. The summed E-state index contributed by atoms with van der Waals surface area (Å²) >= 11 is 0. The molecule has 138 valence electrons. The van der Waals surface area contributed by atoms with Gasteiger partial charge in [0.25, 0.3) is 0 Å². The van der Waals surface area contributed by atoms with Gasteiger partial charge < -0.3 is 16.0 Å². The minimum Gasteiger partial charge on any atom is -0.376 e. The molecule has 2 aromatic rings. The second kappa shape index (κ2) is 8.52. The maximum absolute atomic E-state index is 12.3. The molecule has 26 heavy (non-hydrogen) atoms. The van der Waals surface area contributed by atoms with Gasteiger partial charge in [0.15, 0.2) is 0 Å². The van der Waals surface area contributed by atoms with Crippen LogP contribution in [-0.2, 0) is 9.59 Å². The summed E-state index contributed by atoms with van der Waals surface area (Å²) in [6, 6.07) is 9.77. The van der Waals surface area contributed by atoms with Crippen molar-refractivity contribution < 1.29 is 9.59 Å². The average molecular weight is 353 g/mol. The highest BCUT2D eigenvalue weighted by molar-refractivity contribution is 5.95. The molecule has 3 N–H and O–H groups in total. The van der Waals surface area contributed by atoms with Crippen LogP contribution in [0.5, 0.6) is 0 Å². The van der Waals surface area contributed by atoms with Crippen molar-refractivity contribution in [1.29, 1.82) is 0 Å². The van der Waals surface area contributed by atoms with Crippen LogP contribution in [0.1, 0.15) is 35.6 Å². The molecule has 2 amide bonds. The van der Waals surface area contributed by atoms with Gasteiger partial charge in [-0.3, -0.25) is 9.59 Å². The van der Waals surface area contributed by atoms with Crippen LogP contribution in [-0.4, -0.2) is 18.4 Å². The molecular weight excluding hydrogens is 326 g/mol. The van der Waals surface area contributed by atoms with Gasteiger partial charge in [0.05, 0.1) is 6.54 Å². The zero-order valence-electron chi connectivity index (χ0n) is 16.1. The van der Waals surface area contributed by atoms with Crippen molar-refractivity contribution in [3.05, 3.63) is 52.6 Å². The number of anilines is 3. The highest BCUT2D eigenvalue weighted by Gasteiger charge is 2.09. The van der Waals surface area contributed by atoms with E-state index in [0.717, 1.165) is 33.8 Å². The fourth-order valence-electron chi connectivity index (χ4n) is 2.85. The van der Waals surface area contributed by atoms with E-state index >= 15 is 0 Å². The average Bonchev–Trinajstić information content (AvgIpc) is 2.58. The lowest BCUT2D eigenvalue weighted by Crippen LogP contribution is -2.23. The van der Waals surface area contributed by atoms with Crippen molar-refractivity contribution in [2.75, 3.05) is 22.5 Å². The third-order valence-corrected chi connectivity index (χ3v) is 4.23. The van der Waals surface area contributed by atoms with Gasteiger partial charge in [-0.15, -0.1) is 0 Å². The number of hydrogen-bond donors (Lipinski definition) is 3. The molecule has 0 atom stereocenters. The minimum atomic E-state index is -0.111. The molecule has 0 aliphatic rings. The first-order valence-corrected chi connectivity index (χ1v) is 8.82. The monoisotopic (exact) mass is 353 g/mol. The Hall–Kier alpha value is -2.82. The van der Waals surface area contributed by atoms with Crippen molar-refractivity contribution in [2.45, 2.75) is 41.0 Å². The molecule has 2 aromatic carbocycles. The van der Waals surface area contributed by atoms with Crippen molar-refractivity contribution in [3.63, 3.8) is 0 Å². The number of aryl methyl sites for hydroxylation is 4. The first kappa shape index (κ1) is 19.5. The maximum atomic E-state index is 12.3. The van der Waals surface area contributed by atoms with E-state index in [2.05, 4.69) is 28.1 Å². The number of nitrogens with one attached hydrogen (secondary N) is 3. The Kier molecular flexibility index (Phi) is 6.39. The molecule has 0 aliphatic heterocycles. The SMILES string of the molecule is CCC(=O)Nc1cc(NCC(=O)Nc2c(C)cc(C)cc2C)ccc1C. The van der Waals surface area contributed by atoms with Crippen molar-refractivity contribution in [2.24, 2.45) is 0 Å². The van der Waals surface area contributed by atoms with E-state index in [1.807, 2.05) is 52.8 Å². The van der Waals surface area contributed by atoms with Crippen LogP contribution in [0.3, 0.4) is 0 Å². The van der Waals surface area contributed by atoms with Crippen LogP contribution in [0, 0.1) is 27.7 Å². The maximum Gasteiger partial charge on any atom is 0.243 e. The molecule has 0 saturated carbocycles. The Bertz CT molecular complexity index is 805.